The Balaban J connectivity index is 1.13. The van der Waals surface area contributed by atoms with Crippen molar-refractivity contribution in [2.75, 3.05) is 4.90 Å². The quantitative estimate of drug-likeness (QED) is 0.168. The van der Waals surface area contributed by atoms with Crippen LogP contribution in [0.1, 0.15) is 47.2 Å². The van der Waals surface area contributed by atoms with E-state index in [1.807, 2.05) is 0 Å². The van der Waals surface area contributed by atoms with Gasteiger partial charge in [0.25, 0.3) is 0 Å². The smallest absolute Gasteiger partial charge is 0.143 e. The van der Waals surface area contributed by atoms with E-state index in [2.05, 4.69) is 231 Å². The van der Waals surface area contributed by atoms with Gasteiger partial charge >= 0.3 is 0 Å². The fraction of sp³-hybridized carbons (Fsp3) is 0.0690. The second-order valence-electron chi connectivity index (χ2n) is 16.8. The zero-order valence-corrected chi connectivity index (χ0v) is 33.6. The third-order valence-electron chi connectivity index (χ3n) is 13.4. The second kappa shape index (κ2) is 13.0. The van der Waals surface area contributed by atoms with Gasteiger partial charge in [-0.2, -0.15) is 0 Å². The summed E-state index contributed by atoms with van der Waals surface area (Å²) in [5, 5.41) is 2.26. The highest BCUT2D eigenvalue weighted by Gasteiger charge is 2.48. The second-order valence-corrected chi connectivity index (χ2v) is 16.8. The molecule has 0 spiro atoms. The molecule has 0 fully saturated rings. The fourth-order valence-corrected chi connectivity index (χ4v) is 10.6. The van der Waals surface area contributed by atoms with E-state index in [4.69, 9.17) is 4.42 Å². The zero-order valence-electron chi connectivity index (χ0n) is 33.6. The molecule has 0 saturated heterocycles. The Labute approximate surface area is 350 Å². The number of hydrogen-bond acceptors (Lipinski definition) is 2. The first kappa shape index (κ1) is 34.6. The number of para-hydroxylation sites is 1. The molecule has 0 aliphatic heterocycles. The molecule has 0 unspecified atom stereocenters. The topological polar surface area (TPSA) is 16.4 Å². The summed E-state index contributed by atoms with van der Waals surface area (Å²) in [7, 11) is 0. The lowest BCUT2D eigenvalue weighted by Crippen LogP contribution is -2.28. The van der Waals surface area contributed by atoms with Crippen LogP contribution in [-0.2, 0) is 10.8 Å². The van der Waals surface area contributed by atoms with Crippen LogP contribution < -0.4 is 4.90 Å². The molecule has 2 aliphatic rings. The summed E-state index contributed by atoms with van der Waals surface area (Å²) in [6.07, 6.45) is 0. The van der Waals surface area contributed by atoms with Crippen LogP contribution in [0, 0.1) is 0 Å². The molecule has 2 heteroatoms. The summed E-state index contributed by atoms with van der Waals surface area (Å²) >= 11 is 0. The Kier molecular flexibility index (Phi) is 7.52. The monoisotopic (exact) mass is 767 g/mol. The summed E-state index contributed by atoms with van der Waals surface area (Å²) in [5.41, 5.74) is 19.4. The molecule has 9 aromatic carbocycles. The van der Waals surface area contributed by atoms with Crippen LogP contribution in [-0.4, -0.2) is 0 Å². The predicted octanol–water partition coefficient (Wildman–Crippen LogP) is 15.4. The van der Waals surface area contributed by atoms with Crippen molar-refractivity contribution in [2.45, 2.75) is 24.7 Å². The van der Waals surface area contributed by atoms with Crippen molar-refractivity contribution in [3.8, 4) is 33.4 Å². The highest BCUT2D eigenvalue weighted by atomic mass is 16.3. The minimum atomic E-state index is -0.565. The van der Waals surface area contributed by atoms with E-state index in [1.165, 1.54) is 61.2 Å². The first-order chi connectivity index (χ1) is 29.5. The Hall–Kier alpha value is -7.42. The summed E-state index contributed by atoms with van der Waals surface area (Å²) < 4.78 is 6.93. The zero-order chi connectivity index (χ0) is 40.0. The molecule has 12 rings (SSSR count). The minimum Gasteiger partial charge on any atom is -0.455 e. The Morgan fingerprint density at radius 3 is 1.70 bits per heavy atom. The molecule has 10 aromatic rings. The van der Waals surface area contributed by atoms with E-state index in [1.54, 1.807) is 0 Å². The summed E-state index contributed by atoms with van der Waals surface area (Å²) in [6, 6.07) is 77.9. The first-order valence-electron chi connectivity index (χ1n) is 20.9. The molecule has 2 nitrogen and oxygen atoms in total. The van der Waals surface area contributed by atoms with E-state index in [9.17, 15) is 0 Å². The molecule has 284 valence electrons. The van der Waals surface area contributed by atoms with Crippen molar-refractivity contribution in [3.05, 3.63) is 246 Å². The fourth-order valence-electron chi connectivity index (χ4n) is 10.6. The average molecular weight is 768 g/mol. The highest BCUT2D eigenvalue weighted by molar-refractivity contribution is 6.12. The minimum absolute atomic E-state index is 0.139. The molecule has 2 aliphatic carbocycles. The van der Waals surface area contributed by atoms with Crippen LogP contribution in [0.25, 0.3) is 55.3 Å². The van der Waals surface area contributed by atoms with Crippen molar-refractivity contribution in [2.24, 2.45) is 0 Å². The molecule has 0 bridgehead atoms. The van der Waals surface area contributed by atoms with Gasteiger partial charge in [0.1, 0.15) is 11.2 Å². The number of fused-ring (bicyclic) bond motifs is 10. The van der Waals surface area contributed by atoms with Gasteiger partial charge in [-0.25, -0.2) is 0 Å². The summed E-state index contributed by atoms with van der Waals surface area (Å²) in [5.74, 6) is 0. The van der Waals surface area contributed by atoms with Crippen molar-refractivity contribution >= 4 is 39.0 Å². The highest BCUT2D eigenvalue weighted by Crippen LogP contribution is 2.60. The third kappa shape index (κ3) is 4.88. The van der Waals surface area contributed by atoms with Gasteiger partial charge in [-0.15, -0.1) is 0 Å². The van der Waals surface area contributed by atoms with Crippen molar-refractivity contribution in [1.82, 2.24) is 0 Å². The van der Waals surface area contributed by atoms with Gasteiger partial charge in [0, 0.05) is 38.8 Å². The van der Waals surface area contributed by atoms with Crippen LogP contribution in [0.5, 0.6) is 0 Å². The lowest BCUT2D eigenvalue weighted by Gasteiger charge is -2.34. The van der Waals surface area contributed by atoms with E-state index < -0.39 is 5.41 Å². The molecule has 0 saturated carbocycles. The number of hydrogen-bond donors (Lipinski definition) is 0. The molecule has 0 N–H and O–H groups in total. The van der Waals surface area contributed by atoms with Crippen LogP contribution in [0.15, 0.2) is 217 Å². The molecule has 60 heavy (non-hydrogen) atoms. The molecule has 1 aromatic heterocycles. The lowest BCUT2D eigenvalue weighted by atomic mass is 9.67. The van der Waals surface area contributed by atoms with Crippen molar-refractivity contribution < 1.29 is 4.42 Å². The molecule has 1 heterocycles. The van der Waals surface area contributed by atoms with Gasteiger partial charge in [0.05, 0.1) is 5.41 Å². The van der Waals surface area contributed by atoms with E-state index >= 15 is 0 Å². The normalized spacial score (nSPS) is 14.1. The van der Waals surface area contributed by atoms with Crippen LogP contribution in [0.2, 0.25) is 0 Å². The van der Waals surface area contributed by atoms with Crippen LogP contribution in [0.4, 0.5) is 17.1 Å². The predicted molar refractivity (Wildman–Crippen MR) is 249 cm³/mol. The maximum Gasteiger partial charge on any atom is 0.143 e. The van der Waals surface area contributed by atoms with Crippen molar-refractivity contribution in [1.29, 1.82) is 0 Å². The summed E-state index contributed by atoms with van der Waals surface area (Å²) in [6.45, 7) is 4.72. The van der Waals surface area contributed by atoms with E-state index in [0.29, 0.717) is 0 Å². The van der Waals surface area contributed by atoms with Gasteiger partial charge < -0.3 is 9.32 Å². The Morgan fingerprint density at radius 2 is 0.950 bits per heavy atom. The first-order valence-corrected chi connectivity index (χ1v) is 20.9. The maximum atomic E-state index is 6.93. The number of furan rings is 1. The average Bonchev–Trinajstić information content (AvgIpc) is 3.91. The molecule has 0 radical (unpaired) electrons. The SMILES string of the molecule is CC1(C)c2ccccc2-c2ccc(N(c3ccc(-c4ccccc4)cc3)c3ccc4c(c3)-c3c(ccc5c3oc3ccccc35)C4(c3ccccc3)c3ccccc3)cc21. The third-order valence-corrected chi connectivity index (χ3v) is 13.4. The standard InChI is InChI=1S/C58H41NO/c1-57(2)50-24-14-12-22-45(50)46-32-30-44(37-53(46)57)59(42-28-26-39(27-29-42)38-16-6-3-7-17-38)43-31-34-51-49(36-43)55-52(35-33-48-47-23-13-15-25-54(47)60-56(48)55)58(51,40-18-8-4-9-19-40)41-20-10-5-11-21-41/h3-37H,1-2H3. The van der Waals surface area contributed by atoms with Gasteiger partial charge in [-0.3, -0.25) is 0 Å². The van der Waals surface area contributed by atoms with Gasteiger partial charge in [-0.05, 0) is 104 Å². The van der Waals surface area contributed by atoms with Crippen LogP contribution >= 0.6 is 0 Å². The largest absolute Gasteiger partial charge is 0.455 e. The van der Waals surface area contributed by atoms with Crippen LogP contribution in [0.3, 0.4) is 0 Å². The van der Waals surface area contributed by atoms with Gasteiger partial charge in [-0.1, -0.05) is 184 Å². The number of benzene rings is 9. The van der Waals surface area contributed by atoms with Gasteiger partial charge in [0.15, 0.2) is 0 Å². The van der Waals surface area contributed by atoms with E-state index in [0.717, 1.165) is 44.6 Å². The maximum absolute atomic E-state index is 6.93. The molecular weight excluding hydrogens is 727 g/mol. The van der Waals surface area contributed by atoms with Crippen molar-refractivity contribution in [3.63, 3.8) is 0 Å². The number of rotatable bonds is 6. The van der Waals surface area contributed by atoms with Gasteiger partial charge in [0.2, 0.25) is 0 Å². The number of anilines is 3. The molecular formula is C58H41NO. The summed E-state index contributed by atoms with van der Waals surface area (Å²) in [4.78, 5) is 2.44. The Bertz CT molecular complexity index is 3230. The van der Waals surface area contributed by atoms with E-state index in [-0.39, 0.29) is 5.41 Å². The molecule has 0 amide bonds. The Morgan fingerprint density at radius 1 is 0.383 bits per heavy atom. The lowest BCUT2D eigenvalue weighted by molar-refractivity contribution is 0.660. The molecule has 0 atom stereocenters. The number of nitrogens with zero attached hydrogens (tertiary/aromatic N) is 1.